The number of carbonyl (C=O) groups excluding carboxylic acids is 2. The second-order valence-electron chi connectivity index (χ2n) is 8.43. The summed E-state index contributed by atoms with van der Waals surface area (Å²) >= 11 is 6.01. The molecule has 0 aliphatic carbocycles. The molecule has 0 fully saturated rings. The Morgan fingerprint density at radius 3 is 2.00 bits per heavy atom. The van der Waals surface area contributed by atoms with Crippen molar-refractivity contribution in [3.63, 3.8) is 0 Å². The van der Waals surface area contributed by atoms with Gasteiger partial charge < -0.3 is 10.2 Å². The number of hydrogen-bond donors (Lipinski definition) is 1. The third-order valence-electron chi connectivity index (χ3n) is 5.81. The molecular weight excluding hydrogens is 456 g/mol. The Morgan fingerprint density at radius 1 is 0.771 bits per heavy atom. The van der Waals surface area contributed by atoms with Gasteiger partial charge >= 0.3 is 0 Å². The summed E-state index contributed by atoms with van der Waals surface area (Å²) in [5, 5.41) is 3.63. The lowest BCUT2D eigenvalue weighted by atomic mass is 10.1. The van der Waals surface area contributed by atoms with Crippen LogP contribution in [0.4, 0.5) is 5.69 Å². The van der Waals surface area contributed by atoms with Crippen molar-refractivity contribution >= 4 is 29.1 Å². The van der Waals surface area contributed by atoms with Gasteiger partial charge in [-0.15, -0.1) is 0 Å². The summed E-state index contributed by atoms with van der Waals surface area (Å²) in [5.74, 6) is -0.166. The van der Waals surface area contributed by atoms with Gasteiger partial charge in [-0.05, 0) is 60.0 Å². The number of rotatable bonds is 8. The first-order chi connectivity index (χ1) is 17.0. The number of halogens is 1. The van der Waals surface area contributed by atoms with Gasteiger partial charge in [-0.25, -0.2) is 0 Å². The van der Waals surface area contributed by atoms with Crippen LogP contribution in [0.5, 0.6) is 0 Å². The summed E-state index contributed by atoms with van der Waals surface area (Å²) < 4.78 is 0. The highest BCUT2D eigenvalue weighted by Gasteiger charge is 2.19. The molecule has 0 aliphatic rings. The second kappa shape index (κ2) is 11.5. The Morgan fingerprint density at radius 2 is 1.37 bits per heavy atom. The molecule has 4 nitrogen and oxygen atoms in total. The number of anilines is 1. The van der Waals surface area contributed by atoms with Gasteiger partial charge in [0.2, 0.25) is 5.91 Å². The number of amides is 2. The van der Waals surface area contributed by atoms with Gasteiger partial charge in [0, 0.05) is 16.3 Å². The van der Waals surface area contributed by atoms with Crippen molar-refractivity contribution in [2.45, 2.75) is 25.9 Å². The molecular formula is C30H27ClN2O2. The predicted molar refractivity (Wildman–Crippen MR) is 142 cm³/mol. The van der Waals surface area contributed by atoms with Gasteiger partial charge in [0.05, 0.1) is 19.0 Å². The molecule has 0 bridgehead atoms. The minimum atomic E-state index is -0.118. The molecule has 0 spiro atoms. The van der Waals surface area contributed by atoms with Crippen molar-refractivity contribution < 1.29 is 9.59 Å². The molecule has 0 aromatic heterocycles. The quantitative estimate of drug-likeness (QED) is 0.307. The first kappa shape index (κ1) is 24.2. The molecule has 1 N–H and O–H groups in total. The van der Waals surface area contributed by atoms with Crippen molar-refractivity contribution in [1.29, 1.82) is 0 Å². The van der Waals surface area contributed by atoms with Crippen molar-refractivity contribution in [2.75, 3.05) is 4.90 Å². The Hall–Kier alpha value is -3.89. The van der Waals surface area contributed by atoms with Crippen molar-refractivity contribution in [3.8, 4) is 0 Å². The van der Waals surface area contributed by atoms with Crippen molar-refractivity contribution in [2.24, 2.45) is 0 Å². The van der Waals surface area contributed by atoms with Crippen LogP contribution >= 0.6 is 11.6 Å². The minimum Gasteiger partial charge on any atom is -0.349 e. The fraction of sp³-hybridized carbons (Fsp3) is 0.133. The predicted octanol–water partition coefficient (Wildman–Crippen LogP) is 6.61. The summed E-state index contributed by atoms with van der Waals surface area (Å²) in [6.07, 6.45) is 0.265. The summed E-state index contributed by atoms with van der Waals surface area (Å²) in [7, 11) is 0. The van der Waals surface area contributed by atoms with Gasteiger partial charge in [-0.1, -0.05) is 84.4 Å². The molecule has 0 saturated heterocycles. The molecule has 5 heteroatoms. The molecule has 0 aliphatic heterocycles. The fourth-order valence-corrected chi connectivity index (χ4v) is 4.02. The summed E-state index contributed by atoms with van der Waals surface area (Å²) in [5.41, 5.74) is 4.28. The number of nitrogens with zero attached hydrogens (tertiary/aromatic N) is 1. The number of carbonyl (C=O) groups is 2. The molecule has 1 atom stereocenters. The van der Waals surface area contributed by atoms with E-state index in [1.807, 2.05) is 91.9 Å². The second-order valence-corrected chi connectivity index (χ2v) is 8.86. The SMILES string of the molecule is C[C@H](NC(=O)Cc1ccc(N(Cc2ccccc2)C(=O)c2ccc(Cl)cc2)cc1)c1ccccc1. The number of nitrogens with one attached hydrogen (secondary N) is 1. The fourth-order valence-electron chi connectivity index (χ4n) is 3.89. The lowest BCUT2D eigenvalue weighted by Gasteiger charge is -2.23. The highest BCUT2D eigenvalue weighted by molar-refractivity contribution is 6.30. The van der Waals surface area contributed by atoms with Crippen LogP contribution < -0.4 is 10.2 Å². The largest absolute Gasteiger partial charge is 0.349 e. The van der Waals surface area contributed by atoms with E-state index in [0.717, 1.165) is 22.4 Å². The van der Waals surface area contributed by atoms with E-state index in [9.17, 15) is 9.59 Å². The van der Waals surface area contributed by atoms with E-state index in [1.165, 1.54) is 0 Å². The van der Waals surface area contributed by atoms with Crippen LogP contribution in [0.25, 0.3) is 0 Å². The first-order valence-electron chi connectivity index (χ1n) is 11.5. The Labute approximate surface area is 211 Å². The zero-order valence-corrected chi connectivity index (χ0v) is 20.3. The van der Waals surface area contributed by atoms with E-state index in [2.05, 4.69) is 5.32 Å². The first-order valence-corrected chi connectivity index (χ1v) is 11.9. The molecule has 0 radical (unpaired) electrons. The average molecular weight is 483 g/mol. The number of hydrogen-bond acceptors (Lipinski definition) is 2. The molecule has 4 aromatic rings. The van der Waals surface area contributed by atoms with Crippen LogP contribution in [-0.2, 0) is 17.8 Å². The van der Waals surface area contributed by atoms with Crippen LogP contribution in [-0.4, -0.2) is 11.8 Å². The van der Waals surface area contributed by atoms with Crippen molar-refractivity contribution in [3.05, 3.63) is 136 Å². The Kier molecular flexibility index (Phi) is 7.96. The van der Waals surface area contributed by atoms with Gasteiger partial charge in [0.15, 0.2) is 0 Å². The van der Waals surface area contributed by atoms with E-state index < -0.39 is 0 Å². The van der Waals surface area contributed by atoms with Gasteiger partial charge in [-0.3, -0.25) is 9.59 Å². The monoisotopic (exact) mass is 482 g/mol. The van der Waals surface area contributed by atoms with Gasteiger partial charge in [0.25, 0.3) is 5.91 Å². The average Bonchev–Trinajstić information content (AvgIpc) is 2.89. The summed E-state index contributed by atoms with van der Waals surface area (Å²) in [6, 6.07) is 34.1. The topological polar surface area (TPSA) is 49.4 Å². The van der Waals surface area contributed by atoms with Crippen LogP contribution in [0.1, 0.15) is 40.0 Å². The third kappa shape index (κ3) is 6.58. The van der Waals surface area contributed by atoms with Crippen LogP contribution in [0.15, 0.2) is 109 Å². The molecule has 0 heterocycles. The van der Waals surface area contributed by atoms with Gasteiger partial charge in [-0.2, -0.15) is 0 Å². The highest BCUT2D eigenvalue weighted by Crippen LogP contribution is 2.22. The standard InChI is InChI=1S/C30H27ClN2O2/c1-22(25-10-6-3-7-11-25)32-29(34)20-23-12-18-28(19-13-23)33(21-24-8-4-2-5-9-24)30(35)26-14-16-27(31)17-15-26/h2-19,22H,20-21H2,1H3,(H,32,34)/t22-/m0/s1. The zero-order valence-electron chi connectivity index (χ0n) is 19.5. The molecule has 2 amide bonds. The summed E-state index contributed by atoms with van der Waals surface area (Å²) in [6.45, 7) is 2.40. The van der Waals surface area contributed by atoms with E-state index in [4.69, 9.17) is 11.6 Å². The van der Waals surface area contributed by atoms with E-state index in [0.29, 0.717) is 17.1 Å². The maximum Gasteiger partial charge on any atom is 0.258 e. The number of benzene rings is 4. The van der Waals surface area contributed by atoms with E-state index in [-0.39, 0.29) is 24.3 Å². The Bertz CT molecular complexity index is 1260. The smallest absolute Gasteiger partial charge is 0.258 e. The third-order valence-corrected chi connectivity index (χ3v) is 6.06. The highest BCUT2D eigenvalue weighted by atomic mass is 35.5. The normalized spacial score (nSPS) is 11.5. The zero-order chi connectivity index (χ0) is 24.6. The Balaban J connectivity index is 1.49. The maximum atomic E-state index is 13.4. The van der Waals surface area contributed by atoms with Crippen LogP contribution in [0.3, 0.4) is 0 Å². The summed E-state index contributed by atoms with van der Waals surface area (Å²) in [4.78, 5) is 27.7. The lowest BCUT2D eigenvalue weighted by Crippen LogP contribution is -2.30. The minimum absolute atomic E-state index is 0.0486. The molecule has 35 heavy (non-hydrogen) atoms. The lowest BCUT2D eigenvalue weighted by molar-refractivity contribution is -0.121. The molecule has 4 aromatic carbocycles. The van der Waals surface area contributed by atoms with E-state index in [1.54, 1.807) is 29.2 Å². The van der Waals surface area contributed by atoms with Crippen LogP contribution in [0.2, 0.25) is 5.02 Å². The maximum absolute atomic E-state index is 13.4. The molecule has 4 rings (SSSR count). The molecule has 0 unspecified atom stereocenters. The molecule has 0 saturated carbocycles. The molecule has 176 valence electrons. The van der Waals surface area contributed by atoms with Gasteiger partial charge in [0.1, 0.15) is 0 Å². The van der Waals surface area contributed by atoms with Crippen LogP contribution in [0, 0.1) is 0 Å². The van der Waals surface area contributed by atoms with E-state index >= 15 is 0 Å². The van der Waals surface area contributed by atoms with Crippen molar-refractivity contribution in [1.82, 2.24) is 5.32 Å².